The Hall–Kier alpha value is -3.63. The molecular formula is C21H18N4O4S2. The van der Waals surface area contributed by atoms with Gasteiger partial charge in [-0.15, -0.1) is 11.3 Å². The summed E-state index contributed by atoms with van der Waals surface area (Å²) in [6, 6.07) is 18.4. The molecule has 158 valence electrons. The van der Waals surface area contributed by atoms with Crippen LogP contribution >= 0.6 is 11.3 Å². The summed E-state index contributed by atoms with van der Waals surface area (Å²) < 4.78 is 32.6. The van der Waals surface area contributed by atoms with E-state index in [-0.39, 0.29) is 4.21 Å². The van der Waals surface area contributed by atoms with E-state index in [1.165, 1.54) is 30.0 Å². The number of urea groups is 1. The second-order valence-electron chi connectivity index (χ2n) is 6.45. The number of hydrogen-bond acceptors (Lipinski definition) is 6. The second-order valence-corrected chi connectivity index (χ2v) is 9.73. The van der Waals surface area contributed by atoms with E-state index >= 15 is 0 Å². The number of rotatable bonds is 6. The van der Waals surface area contributed by atoms with Crippen LogP contribution in [0, 0.1) is 0 Å². The second kappa shape index (κ2) is 8.62. The average molecular weight is 455 g/mol. The van der Waals surface area contributed by atoms with Gasteiger partial charge in [-0.25, -0.2) is 18.2 Å². The fraction of sp³-hybridized carbons (Fsp3) is 0.0476. The van der Waals surface area contributed by atoms with Crippen LogP contribution in [0.4, 0.5) is 21.9 Å². The molecule has 10 heteroatoms. The average Bonchev–Trinajstić information content (AvgIpc) is 3.46. The van der Waals surface area contributed by atoms with Gasteiger partial charge in [0, 0.05) is 18.4 Å². The highest BCUT2D eigenvalue weighted by Gasteiger charge is 2.24. The molecule has 0 aliphatic rings. The number of nitrogens with one attached hydrogen (secondary N) is 2. The molecule has 0 aliphatic heterocycles. The number of anilines is 3. The van der Waals surface area contributed by atoms with Gasteiger partial charge >= 0.3 is 6.03 Å². The Labute approximate surface area is 183 Å². The Kier molecular flexibility index (Phi) is 5.74. The number of nitrogens with zero attached hydrogens (tertiary/aromatic N) is 2. The highest BCUT2D eigenvalue weighted by atomic mass is 32.2. The van der Waals surface area contributed by atoms with Crippen molar-refractivity contribution in [3.63, 3.8) is 0 Å². The lowest BCUT2D eigenvalue weighted by Gasteiger charge is -2.19. The summed E-state index contributed by atoms with van der Waals surface area (Å²) in [6.45, 7) is 0. The number of amides is 2. The van der Waals surface area contributed by atoms with E-state index in [2.05, 4.69) is 15.6 Å². The fourth-order valence-electron chi connectivity index (χ4n) is 2.77. The monoisotopic (exact) mass is 454 g/mol. The normalized spacial score (nSPS) is 11.1. The summed E-state index contributed by atoms with van der Waals surface area (Å²) in [5, 5.41) is 5.43. The Morgan fingerprint density at radius 3 is 2.29 bits per heavy atom. The van der Waals surface area contributed by atoms with Crippen LogP contribution in [0.3, 0.4) is 0 Å². The highest BCUT2D eigenvalue weighted by Crippen LogP contribution is 2.33. The van der Waals surface area contributed by atoms with Crippen LogP contribution in [0.25, 0.3) is 10.6 Å². The zero-order valence-corrected chi connectivity index (χ0v) is 18.0. The molecule has 8 nitrogen and oxygen atoms in total. The lowest BCUT2D eigenvalue weighted by Crippen LogP contribution is -2.25. The van der Waals surface area contributed by atoms with Gasteiger partial charge in [0.15, 0.2) is 12.2 Å². The lowest BCUT2D eigenvalue weighted by atomic mass is 10.3. The molecule has 0 atom stereocenters. The predicted molar refractivity (Wildman–Crippen MR) is 121 cm³/mol. The highest BCUT2D eigenvalue weighted by molar-refractivity contribution is 7.94. The van der Waals surface area contributed by atoms with Crippen LogP contribution in [0.2, 0.25) is 0 Å². The number of sulfonamides is 1. The zero-order valence-electron chi connectivity index (χ0n) is 16.3. The maximum atomic E-state index is 13.0. The van der Waals surface area contributed by atoms with E-state index in [9.17, 15) is 13.2 Å². The summed E-state index contributed by atoms with van der Waals surface area (Å²) in [6.07, 6.45) is 2.83. The van der Waals surface area contributed by atoms with Gasteiger partial charge in [0.05, 0.1) is 16.8 Å². The molecule has 0 saturated heterocycles. The molecule has 4 rings (SSSR count). The molecule has 31 heavy (non-hydrogen) atoms. The summed E-state index contributed by atoms with van der Waals surface area (Å²) in [5.74, 6) is 0.512. The van der Waals surface area contributed by atoms with Crippen LogP contribution in [0.1, 0.15) is 0 Å². The molecule has 2 N–H and O–H groups in total. The Morgan fingerprint density at radius 2 is 1.65 bits per heavy atom. The number of thiophene rings is 1. The molecule has 0 fully saturated rings. The quantitative estimate of drug-likeness (QED) is 0.432. The number of benzene rings is 2. The van der Waals surface area contributed by atoms with Crippen molar-refractivity contribution >= 4 is 44.5 Å². The molecule has 2 aromatic heterocycles. The maximum absolute atomic E-state index is 13.0. The van der Waals surface area contributed by atoms with Gasteiger partial charge in [-0.05, 0) is 48.5 Å². The third kappa shape index (κ3) is 4.60. The van der Waals surface area contributed by atoms with E-state index in [1.54, 1.807) is 42.5 Å². The number of hydrogen-bond donors (Lipinski definition) is 2. The van der Waals surface area contributed by atoms with E-state index < -0.39 is 16.1 Å². The van der Waals surface area contributed by atoms with Crippen molar-refractivity contribution in [3.05, 3.63) is 79.3 Å². The first-order chi connectivity index (χ1) is 14.9. The first-order valence-electron chi connectivity index (χ1n) is 9.14. The first-order valence-corrected chi connectivity index (χ1v) is 11.4. The van der Waals surface area contributed by atoms with Crippen molar-refractivity contribution in [2.45, 2.75) is 4.21 Å². The summed E-state index contributed by atoms with van der Waals surface area (Å²) >= 11 is 1.10. The van der Waals surface area contributed by atoms with Gasteiger partial charge in [-0.2, -0.15) is 0 Å². The smallest absolute Gasteiger partial charge is 0.323 e. The standard InChI is InChI=1S/C21H18N4O4S2/c1-25(31(27,28)20-12-11-19(30-20)18-13-22-14-29-18)17-9-7-16(8-10-17)24-21(26)23-15-5-3-2-4-6-15/h2-14H,1H3,(H2,23,24,26). The van der Waals surface area contributed by atoms with E-state index in [4.69, 9.17) is 4.42 Å². The lowest BCUT2D eigenvalue weighted by molar-refractivity contribution is 0.262. The molecule has 0 aliphatic carbocycles. The van der Waals surface area contributed by atoms with Gasteiger partial charge in [0.25, 0.3) is 10.0 Å². The van der Waals surface area contributed by atoms with Crippen LogP contribution < -0.4 is 14.9 Å². The number of para-hydroxylation sites is 1. The molecule has 0 saturated carbocycles. The molecule has 2 amide bonds. The number of aromatic nitrogens is 1. The van der Waals surface area contributed by atoms with Crippen LogP contribution in [0.15, 0.2) is 87.9 Å². The molecule has 4 aromatic rings. The minimum atomic E-state index is -3.75. The predicted octanol–water partition coefficient (Wildman–Crippen LogP) is 4.87. The van der Waals surface area contributed by atoms with Crippen LogP contribution in [0.5, 0.6) is 0 Å². The molecule has 0 spiro atoms. The Bertz CT molecular complexity index is 1270. The molecular weight excluding hydrogens is 436 g/mol. The van der Waals surface area contributed by atoms with E-state index in [1.807, 2.05) is 18.2 Å². The summed E-state index contributed by atoms with van der Waals surface area (Å²) in [5.41, 5.74) is 1.67. The van der Waals surface area contributed by atoms with Crippen molar-refractivity contribution in [3.8, 4) is 10.6 Å². The fourth-order valence-corrected chi connectivity index (χ4v) is 5.40. The molecule has 0 radical (unpaired) electrons. The summed E-state index contributed by atoms with van der Waals surface area (Å²) in [7, 11) is -2.27. The van der Waals surface area contributed by atoms with Gasteiger partial charge in [0.2, 0.25) is 0 Å². The van der Waals surface area contributed by atoms with Crippen molar-refractivity contribution in [1.82, 2.24) is 4.98 Å². The number of oxazole rings is 1. The van der Waals surface area contributed by atoms with Crippen LogP contribution in [-0.4, -0.2) is 26.5 Å². The van der Waals surface area contributed by atoms with Crippen molar-refractivity contribution in [1.29, 1.82) is 0 Å². The van der Waals surface area contributed by atoms with Gasteiger partial charge in [-0.1, -0.05) is 18.2 Å². The minimum Gasteiger partial charge on any atom is -0.443 e. The first kappa shape index (κ1) is 20.6. The van der Waals surface area contributed by atoms with Crippen LogP contribution in [-0.2, 0) is 10.0 Å². The molecule has 0 bridgehead atoms. The number of carbonyl (C=O) groups is 1. The third-order valence-corrected chi connectivity index (χ3v) is 7.74. The van der Waals surface area contributed by atoms with E-state index in [0.717, 1.165) is 11.3 Å². The van der Waals surface area contributed by atoms with Gasteiger partial charge in [0.1, 0.15) is 4.21 Å². The van der Waals surface area contributed by atoms with E-state index in [0.29, 0.717) is 27.7 Å². The van der Waals surface area contributed by atoms with Gasteiger partial charge < -0.3 is 15.1 Å². The molecule has 2 heterocycles. The largest absolute Gasteiger partial charge is 0.443 e. The number of carbonyl (C=O) groups excluding carboxylic acids is 1. The van der Waals surface area contributed by atoms with Gasteiger partial charge in [-0.3, -0.25) is 4.31 Å². The molecule has 2 aromatic carbocycles. The minimum absolute atomic E-state index is 0.186. The zero-order chi connectivity index (χ0) is 21.8. The SMILES string of the molecule is CN(c1ccc(NC(=O)Nc2ccccc2)cc1)S(=O)(=O)c1ccc(-c2cnco2)s1. The Morgan fingerprint density at radius 1 is 0.968 bits per heavy atom. The molecule has 0 unspecified atom stereocenters. The van der Waals surface area contributed by atoms with Crippen molar-refractivity contribution in [2.75, 3.05) is 22.0 Å². The third-order valence-electron chi connectivity index (χ3n) is 4.39. The maximum Gasteiger partial charge on any atom is 0.323 e. The van der Waals surface area contributed by atoms with Crippen molar-refractivity contribution < 1.29 is 17.6 Å². The summed E-state index contributed by atoms with van der Waals surface area (Å²) in [4.78, 5) is 16.6. The Balaban J connectivity index is 1.45. The topological polar surface area (TPSA) is 105 Å². The van der Waals surface area contributed by atoms with Crippen molar-refractivity contribution in [2.24, 2.45) is 0 Å².